The molecular weight excluding hydrogens is 212 g/mol. The lowest BCUT2D eigenvalue weighted by atomic mass is 9.90. The van der Waals surface area contributed by atoms with Crippen LogP contribution in [0.25, 0.3) is 0 Å². The Morgan fingerprint density at radius 3 is 2.76 bits per heavy atom. The highest BCUT2D eigenvalue weighted by Gasteiger charge is 2.45. The number of methoxy groups -OCH3 is 1. The molecule has 2 fully saturated rings. The molecule has 1 aliphatic carbocycles. The minimum absolute atomic E-state index is 0.374. The maximum Gasteiger partial charge on any atom is 0.0474 e. The Morgan fingerprint density at radius 2 is 2.18 bits per heavy atom. The van der Waals surface area contributed by atoms with Crippen molar-refractivity contribution in [3.05, 3.63) is 0 Å². The van der Waals surface area contributed by atoms with Gasteiger partial charge < -0.3 is 10.1 Å². The van der Waals surface area contributed by atoms with Crippen LogP contribution in [0.5, 0.6) is 0 Å². The first-order chi connectivity index (χ1) is 8.19. The summed E-state index contributed by atoms with van der Waals surface area (Å²) in [7, 11) is 1.80. The largest absolute Gasteiger partial charge is 0.385 e. The molecule has 0 bridgehead atoms. The van der Waals surface area contributed by atoms with Crippen molar-refractivity contribution >= 4 is 0 Å². The molecule has 2 rings (SSSR count). The fraction of sp³-hybridized carbons (Fsp3) is 1.00. The first-order valence-corrected chi connectivity index (χ1v) is 7.17. The zero-order chi connectivity index (χ0) is 12.3. The van der Waals surface area contributed by atoms with Gasteiger partial charge in [0.05, 0.1) is 0 Å². The van der Waals surface area contributed by atoms with Crippen molar-refractivity contribution in [2.75, 3.05) is 33.4 Å². The van der Waals surface area contributed by atoms with Crippen LogP contribution in [-0.4, -0.2) is 49.8 Å². The van der Waals surface area contributed by atoms with Gasteiger partial charge in [-0.25, -0.2) is 0 Å². The number of rotatable bonds is 6. The van der Waals surface area contributed by atoms with Crippen LogP contribution in [0.15, 0.2) is 0 Å². The average molecular weight is 240 g/mol. The Hall–Kier alpha value is -0.120. The second-order valence-electron chi connectivity index (χ2n) is 5.95. The summed E-state index contributed by atoms with van der Waals surface area (Å²) in [6, 6.07) is 0.721. The monoisotopic (exact) mass is 240 g/mol. The highest BCUT2D eigenvalue weighted by Crippen LogP contribution is 2.41. The number of ether oxygens (including phenoxy) is 1. The van der Waals surface area contributed by atoms with E-state index in [0.29, 0.717) is 5.54 Å². The third kappa shape index (κ3) is 3.21. The molecule has 1 saturated carbocycles. The molecule has 1 saturated heterocycles. The molecule has 1 aliphatic heterocycles. The molecular formula is C14H28N2O. The Balaban J connectivity index is 1.88. The predicted molar refractivity (Wildman–Crippen MR) is 71.3 cm³/mol. The van der Waals surface area contributed by atoms with Crippen molar-refractivity contribution in [3.8, 4) is 0 Å². The van der Waals surface area contributed by atoms with Crippen molar-refractivity contribution < 1.29 is 4.74 Å². The van der Waals surface area contributed by atoms with Crippen molar-refractivity contribution in [2.45, 2.75) is 51.1 Å². The summed E-state index contributed by atoms with van der Waals surface area (Å²) in [6.07, 6.45) is 5.26. The quantitative estimate of drug-likeness (QED) is 0.717. The summed E-state index contributed by atoms with van der Waals surface area (Å²) in [5, 5.41) is 3.81. The summed E-state index contributed by atoms with van der Waals surface area (Å²) in [5.41, 5.74) is 0.374. The third-order valence-electron chi connectivity index (χ3n) is 4.53. The lowest BCUT2D eigenvalue weighted by molar-refractivity contribution is 0.0639. The van der Waals surface area contributed by atoms with Crippen molar-refractivity contribution in [3.63, 3.8) is 0 Å². The summed E-state index contributed by atoms with van der Waals surface area (Å²) >= 11 is 0. The summed E-state index contributed by atoms with van der Waals surface area (Å²) in [4.78, 5) is 2.69. The molecule has 0 amide bonds. The second-order valence-corrected chi connectivity index (χ2v) is 5.95. The Morgan fingerprint density at radius 1 is 1.41 bits per heavy atom. The highest BCUT2D eigenvalue weighted by atomic mass is 16.5. The lowest BCUT2D eigenvalue weighted by Crippen LogP contribution is -2.63. The molecule has 2 atom stereocenters. The van der Waals surface area contributed by atoms with Gasteiger partial charge in [0.15, 0.2) is 0 Å². The molecule has 0 aromatic rings. The van der Waals surface area contributed by atoms with Gasteiger partial charge >= 0.3 is 0 Å². The zero-order valence-corrected chi connectivity index (χ0v) is 11.7. The smallest absolute Gasteiger partial charge is 0.0474 e. The van der Waals surface area contributed by atoms with Crippen molar-refractivity contribution in [1.29, 1.82) is 0 Å². The van der Waals surface area contributed by atoms with Crippen LogP contribution < -0.4 is 5.32 Å². The maximum absolute atomic E-state index is 5.17. The van der Waals surface area contributed by atoms with E-state index in [1.807, 2.05) is 0 Å². The number of hydrogen-bond donors (Lipinski definition) is 1. The first-order valence-electron chi connectivity index (χ1n) is 7.17. The van der Waals surface area contributed by atoms with Gasteiger partial charge in [0, 0.05) is 44.9 Å². The summed E-state index contributed by atoms with van der Waals surface area (Å²) < 4.78 is 5.17. The molecule has 2 aliphatic rings. The third-order valence-corrected chi connectivity index (χ3v) is 4.53. The molecule has 1 heterocycles. The van der Waals surface area contributed by atoms with Crippen LogP contribution in [0, 0.1) is 5.92 Å². The second kappa shape index (κ2) is 5.68. The average Bonchev–Trinajstić information content (AvgIpc) is 3.14. The van der Waals surface area contributed by atoms with E-state index in [4.69, 9.17) is 4.74 Å². The molecule has 17 heavy (non-hydrogen) atoms. The van der Waals surface area contributed by atoms with E-state index in [9.17, 15) is 0 Å². The fourth-order valence-electron chi connectivity index (χ4n) is 3.16. The number of hydrogen-bond acceptors (Lipinski definition) is 3. The molecule has 1 N–H and O–H groups in total. The van der Waals surface area contributed by atoms with E-state index < -0.39 is 0 Å². The maximum atomic E-state index is 5.17. The molecule has 3 heteroatoms. The molecule has 3 nitrogen and oxygen atoms in total. The highest BCUT2D eigenvalue weighted by molar-refractivity contribution is 5.03. The van der Waals surface area contributed by atoms with Crippen LogP contribution in [0.2, 0.25) is 0 Å². The van der Waals surface area contributed by atoms with Crippen LogP contribution >= 0.6 is 0 Å². The normalized spacial score (nSPS) is 35.1. The fourth-order valence-corrected chi connectivity index (χ4v) is 3.16. The molecule has 0 radical (unpaired) electrons. The van der Waals surface area contributed by atoms with E-state index in [-0.39, 0.29) is 0 Å². The number of piperazine rings is 1. The van der Waals surface area contributed by atoms with Crippen molar-refractivity contribution in [2.24, 2.45) is 5.92 Å². The Kier molecular flexibility index (Phi) is 4.45. The van der Waals surface area contributed by atoms with Crippen molar-refractivity contribution in [1.82, 2.24) is 10.2 Å². The van der Waals surface area contributed by atoms with Crippen LogP contribution in [0.1, 0.15) is 39.5 Å². The lowest BCUT2D eigenvalue weighted by Gasteiger charge is -2.46. The van der Waals surface area contributed by atoms with Crippen LogP contribution in [0.4, 0.5) is 0 Å². The summed E-state index contributed by atoms with van der Waals surface area (Å²) in [6.45, 7) is 9.18. The number of nitrogens with one attached hydrogen (secondary N) is 1. The molecule has 2 unspecified atom stereocenters. The van der Waals surface area contributed by atoms with Crippen LogP contribution in [-0.2, 0) is 4.74 Å². The van der Waals surface area contributed by atoms with Gasteiger partial charge in [0.2, 0.25) is 0 Å². The molecule has 0 aromatic carbocycles. The number of nitrogens with zero attached hydrogens (tertiary/aromatic N) is 1. The van der Waals surface area contributed by atoms with Gasteiger partial charge in [0.25, 0.3) is 0 Å². The van der Waals surface area contributed by atoms with Gasteiger partial charge in [-0.2, -0.15) is 0 Å². The van der Waals surface area contributed by atoms with Gasteiger partial charge in [-0.1, -0.05) is 6.92 Å². The SMILES string of the molecule is CCC1CNC(C)(C2CC2)CN1CCCOC. The zero-order valence-electron chi connectivity index (χ0n) is 11.7. The molecule has 0 spiro atoms. The van der Waals surface area contributed by atoms with E-state index in [0.717, 1.165) is 31.5 Å². The molecule has 100 valence electrons. The van der Waals surface area contributed by atoms with Gasteiger partial charge in [0.1, 0.15) is 0 Å². The predicted octanol–water partition coefficient (Wildman–Crippen LogP) is 1.88. The summed E-state index contributed by atoms with van der Waals surface area (Å²) in [5.74, 6) is 0.922. The van der Waals surface area contributed by atoms with Crippen LogP contribution in [0.3, 0.4) is 0 Å². The minimum atomic E-state index is 0.374. The standard InChI is InChI=1S/C14H28N2O/c1-4-13-10-15-14(2,12-6-7-12)11-16(13)8-5-9-17-3/h12-13,15H,4-11H2,1-3H3. The van der Waals surface area contributed by atoms with Gasteiger partial charge in [-0.3, -0.25) is 4.90 Å². The Bertz CT molecular complexity index is 242. The van der Waals surface area contributed by atoms with E-state index in [2.05, 4.69) is 24.1 Å². The van der Waals surface area contributed by atoms with Gasteiger partial charge in [-0.15, -0.1) is 0 Å². The van der Waals surface area contributed by atoms with E-state index in [1.54, 1.807) is 7.11 Å². The first kappa shape index (κ1) is 13.3. The van der Waals surface area contributed by atoms with Gasteiger partial charge in [-0.05, 0) is 38.5 Å². The Labute approximate surface area is 106 Å². The van der Waals surface area contributed by atoms with E-state index >= 15 is 0 Å². The minimum Gasteiger partial charge on any atom is -0.385 e. The molecule has 0 aromatic heterocycles. The van der Waals surface area contributed by atoms with E-state index in [1.165, 1.54) is 32.4 Å². The topological polar surface area (TPSA) is 24.5 Å².